The molecule has 128 valence electrons. The standard InChI is InChI=1S/C15H22N2O5S/c1-16-23(19,20)10-7-17-15(18)4-2-3-12-5-6-13-14(11-12)22-9-8-21-13/h5-6,11,16H,2-4,7-10H2,1H3,(H,17,18). The van der Waals surface area contributed by atoms with Crippen LogP contribution in [-0.4, -0.2) is 46.9 Å². The number of benzene rings is 1. The molecule has 0 spiro atoms. The fourth-order valence-corrected chi connectivity index (χ4v) is 2.79. The van der Waals surface area contributed by atoms with Crippen LogP contribution in [0.4, 0.5) is 0 Å². The molecule has 2 N–H and O–H groups in total. The van der Waals surface area contributed by atoms with Gasteiger partial charge in [0.15, 0.2) is 11.5 Å². The molecular weight excluding hydrogens is 320 g/mol. The molecule has 7 nitrogen and oxygen atoms in total. The fourth-order valence-electron chi connectivity index (χ4n) is 2.21. The minimum absolute atomic E-state index is 0.114. The molecule has 0 atom stereocenters. The van der Waals surface area contributed by atoms with Crippen LogP contribution in [0.2, 0.25) is 0 Å². The molecule has 0 saturated heterocycles. The van der Waals surface area contributed by atoms with Gasteiger partial charge in [0.2, 0.25) is 15.9 Å². The molecule has 1 amide bonds. The Balaban J connectivity index is 1.69. The third-order valence-electron chi connectivity index (χ3n) is 3.48. The quantitative estimate of drug-likeness (QED) is 0.715. The van der Waals surface area contributed by atoms with Crippen molar-refractivity contribution in [2.24, 2.45) is 0 Å². The molecule has 1 heterocycles. The lowest BCUT2D eigenvalue weighted by molar-refractivity contribution is -0.121. The first kappa shape index (κ1) is 17.6. The van der Waals surface area contributed by atoms with Gasteiger partial charge in [0.05, 0.1) is 5.75 Å². The third kappa shape index (κ3) is 5.72. The molecule has 8 heteroatoms. The Morgan fingerprint density at radius 1 is 1.22 bits per heavy atom. The van der Waals surface area contributed by atoms with Crippen molar-refractivity contribution in [1.29, 1.82) is 0 Å². The summed E-state index contributed by atoms with van der Waals surface area (Å²) in [4.78, 5) is 11.7. The van der Waals surface area contributed by atoms with Crippen molar-refractivity contribution in [1.82, 2.24) is 10.0 Å². The molecule has 0 radical (unpaired) electrons. The van der Waals surface area contributed by atoms with Crippen molar-refractivity contribution >= 4 is 15.9 Å². The van der Waals surface area contributed by atoms with Gasteiger partial charge < -0.3 is 14.8 Å². The first-order valence-corrected chi connectivity index (χ1v) is 9.22. The lowest BCUT2D eigenvalue weighted by atomic mass is 10.1. The zero-order valence-electron chi connectivity index (χ0n) is 13.1. The van der Waals surface area contributed by atoms with Gasteiger partial charge in [-0.2, -0.15) is 0 Å². The van der Waals surface area contributed by atoms with Gasteiger partial charge in [0.1, 0.15) is 13.2 Å². The topological polar surface area (TPSA) is 93.7 Å². The Hall–Kier alpha value is -1.80. The number of nitrogens with one attached hydrogen (secondary N) is 2. The van der Waals surface area contributed by atoms with Crippen LogP contribution in [0, 0.1) is 0 Å². The summed E-state index contributed by atoms with van der Waals surface area (Å²) in [6.07, 6.45) is 1.79. The van der Waals surface area contributed by atoms with Gasteiger partial charge in [-0.1, -0.05) is 6.07 Å². The van der Waals surface area contributed by atoms with Crippen molar-refractivity contribution in [2.45, 2.75) is 19.3 Å². The maximum atomic E-state index is 11.7. The van der Waals surface area contributed by atoms with Crippen LogP contribution in [0.1, 0.15) is 18.4 Å². The van der Waals surface area contributed by atoms with Gasteiger partial charge in [-0.05, 0) is 37.6 Å². The average Bonchev–Trinajstić information content (AvgIpc) is 2.54. The van der Waals surface area contributed by atoms with Gasteiger partial charge in [-0.3, -0.25) is 4.79 Å². The lowest BCUT2D eigenvalue weighted by Crippen LogP contribution is -2.32. The van der Waals surface area contributed by atoms with Gasteiger partial charge in [0.25, 0.3) is 0 Å². The maximum Gasteiger partial charge on any atom is 0.220 e. The predicted molar refractivity (Wildman–Crippen MR) is 86.2 cm³/mol. The average molecular weight is 342 g/mol. The summed E-state index contributed by atoms with van der Waals surface area (Å²) in [6.45, 7) is 1.23. The second kappa shape index (κ2) is 8.16. The Morgan fingerprint density at radius 2 is 1.96 bits per heavy atom. The van der Waals surface area contributed by atoms with E-state index in [2.05, 4.69) is 10.0 Å². The molecule has 0 bridgehead atoms. The summed E-state index contributed by atoms with van der Waals surface area (Å²) < 4.78 is 35.6. The van der Waals surface area contributed by atoms with Crippen molar-refractivity contribution < 1.29 is 22.7 Å². The molecule has 1 aliphatic heterocycles. The normalized spacial score (nSPS) is 13.6. The monoisotopic (exact) mass is 342 g/mol. The van der Waals surface area contributed by atoms with Crippen molar-refractivity contribution in [2.75, 3.05) is 32.6 Å². The SMILES string of the molecule is CNS(=O)(=O)CCNC(=O)CCCc1ccc2c(c1)OCCO2. The first-order chi connectivity index (χ1) is 11.0. The van der Waals surface area contributed by atoms with E-state index in [4.69, 9.17) is 9.47 Å². The summed E-state index contributed by atoms with van der Waals surface area (Å²) in [6, 6.07) is 5.78. The highest BCUT2D eigenvalue weighted by Crippen LogP contribution is 2.31. The maximum absolute atomic E-state index is 11.7. The van der Waals surface area contributed by atoms with Gasteiger partial charge in [0, 0.05) is 13.0 Å². The van der Waals surface area contributed by atoms with Crippen LogP contribution in [-0.2, 0) is 21.2 Å². The number of fused-ring (bicyclic) bond motifs is 1. The lowest BCUT2D eigenvalue weighted by Gasteiger charge is -2.18. The van der Waals surface area contributed by atoms with Gasteiger partial charge in [-0.25, -0.2) is 13.1 Å². The van der Waals surface area contributed by atoms with Crippen LogP contribution in [0.5, 0.6) is 11.5 Å². The molecule has 23 heavy (non-hydrogen) atoms. The van der Waals surface area contributed by atoms with Crippen molar-refractivity contribution in [3.63, 3.8) is 0 Å². The summed E-state index contributed by atoms with van der Waals surface area (Å²) in [5.41, 5.74) is 1.08. The molecule has 0 fully saturated rings. The second-order valence-corrected chi connectivity index (χ2v) is 7.25. The summed E-state index contributed by atoms with van der Waals surface area (Å²) in [5.74, 6) is 1.24. The molecule has 0 aromatic heterocycles. The van der Waals surface area contributed by atoms with Crippen LogP contribution < -0.4 is 19.5 Å². The molecule has 1 aliphatic rings. The Morgan fingerprint density at radius 3 is 2.70 bits per heavy atom. The van der Waals surface area contributed by atoms with E-state index in [1.165, 1.54) is 7.05 Å². The number of amides is 1. The fraction of sp³-hybridized carbons (Fsp3) is 0.533. The van der Waals surface area contributed by atoms with E-state index < -0.39 is 10.0 Å². The summed E-state index contributed by atoms with van der Waals surface area (Å²) in [7, 11) is -1.93. The number of ether oxygens (including phenoxy) is 2. The number of aryl methyl sites for hydroxylation is 1. The minimum Gasteiger partial charge on any atom is -0.486 e. The van der Waals surface area contributed by atoms with E-state index in [9.17, 15) is 13.2 Å². The number of hydrogen-bond acceptors (Lipinski definition) is 5. The van der Waals surface area contributed by atoms with Crippen LogP contribution in [0.25, 0.3) is 0 Å². The van der Waals surface area contributed by atoms with Crippen LogP contribution in [0.15, 0.2) is 18.2 Å². The van der Waals surface area contributed by atoms with Gasteiger partial charge >= 0.3 is 0 Å². The van der Waals surface area contributed by atoms with E-state index in [-0.39, 0.29) is 18.2 Å². The van der Waals surface area contributed by atoms with Crippen LogP contribution in [0.3, 0.4) is 0 Å². The second-order valence-electron chi connectivity index (χ2n) is 5.20. The number of carbonyl (C=O) groups excluding carboxylic acids is 1. The number of hydrogen-bond donors (Lipinski definition) is 2. The predicted octanol–water partition coefficient (Wildman–Crippen LogP) is 0.446. The Bertz CT molecular complexity index is 645. The summed E-state index contributed by atoms with van der Waals surface area (Å²) in [5, 5.41) is 2.61. The van der Waals surface area contributed by atoms with Crippen molar-refractivity contribution in [3.05, 3.63) is 23.8 Å². The first-order valence-electron chi connectivity index (χ1n) is 7.56. The highest BCUT2D eigenvalue weighted by atomic mass is 32.2. The highest BCUT2D eigenvalue weighted by Gasteiger charge is 2.12. The third-order valence-corrected chi connectivity index (χ3v) is 4.84. The van der Waals surface area contributed by atoms with E-state index in [1.54, 1.807) is 0 Å². The highest BCUT2D eigenvalue weighted by molar-refractivity contribution is 7.89. The van der Waals surface area contributed by atoms with E-state index >= 15 is 0 Å². The molecule has 0 unspecified atom stereocenters. The van der Waals surface area contributed by atoms with E-state index in [0.29, 0.717) is 26.1 Å². The zero-order valence-corrected chi connectivity index (χ0v) is 13.9. The minimum atomic E-state index is -3.28. The number of rotatable bonds is 8. The van der Waals surface area contributed by atoms with Crippen LogP contribution >= 0.6 is 0 Å². The number of carbonyl (C=O) groups is 1. The van der Waals surface area contributed by atoms with Gasteiger partial charge in [-0.15, -0.1) is 0 Å². The zero-order chi connectivity index (χ0) is 16.7. The number of sulfonamides is 1. The molecular formula is C15H22N2O5S. The van der Waals surface area contributed by atoms with Crippen molar-refractivity contribution in [3.8, 4) is 11.5 Å². The molecule has 0 saturated carbocycles. The Labute approximate surface area is 136 Å². The molecule has 1 aromatic rings. The Kier molecular flexibility index (Phi) is 6.23. The molecule has 0 aliphatic carbocycles. The van der Waals surface area contributed by atoms with E-state index in [0.717, 1.165) is 23.5 Å². The largest absolute Gasteiger partial charge is 0.486 e. The summed E-state index contributed by atoms with van der Waals surface area (Å²) >= 11 is 0. The smallest absolute Gasteiger partial charge is 0.220 e. The van der Waals surface area contributed by atoms with E-state index in [1.807, 2.05) is 18.2 Å². The molecule has 2 rings (SSSR count). The molecule has 1 aromatic carbocycles.